The SMILES string of the molecule is Cc1cc(OCCCc2c(C(=O)NS(=O)(=O)c3ccncc3)[nH]c3ccccc23)cc(C)c1Cl. The first-order valence-corrected chi connectivity index (χ1v) is 12.6. The first-order chi connectivity index (χ1) is 16.3. The van der Waals surface area contributed by atoms with Gasteiger partial charge >= 0.3 is 0 Å². The fourth-order valence-corrected chi connectivity index (χ4v) is 4.88. The number of halogens is 1. The van der Waals surface area contributed by atoms with Crippen molar-refractivity contribution in [2.75, 3.05) is 6.61 Å². The summed E-state index contributed by atoms with van der Waals surface area (Å²) < 4.78 is 33.3. The van der Waals surface area contributed by atoms with Crippen LogP contribution in [0.1, 0.15) is 33.6 Å². The van der Waals surface area contributed by atoms with Crippen molar-refractivity contribution in [1.29, 1.82) is 0 Å². The highest BCUT2D eigenvalue weighted by Gasteiger charge is 2.23. The summed E-state index contributed by atoms with van der Waals surface area (Å²) in [5.74, 6) is 0.0209. The number of pyridine rings is 1. The second kappa shape index (κ2) is 9.87. The number of para-hydroxylation sites is 1. The van der Waals surface area contributed by atoms with Crippen molar-refractivity contribution in [2.45, 2.75) is 31.6 Å². The van der Waals surface area contributed by atoms with Gasteiger partial charge in [-0.15, -0.1) is 0 Å². The maximum atomic E-state index is 13.0. The number of hydrogen-bond acceptors (Lipinski definition) is 5. The molecule has 0 unspecified atom stereocenters. The number of benzene rings is 2. The van der Waals surface area contributed by atoms with Crippen LogP contribution in [0.4, 0.5) is 0 Å². The Hall–Kier alpha value is -3.36. The number of H-pyrrole nitrogens is 1. The van der Waals surface area contributed by atoms with Gasteiger partial charge in [0.25, 0.3) is 15.9 Å². The number of carbonyl (C=O) groups excluding carboxylic acids is 1. The van der Waals surface area contributed by atoms with Gasteiger partial charge in [0, 0.05) is 28.3 Å². The van der Waals surface area contributed by atoms with E-state index in [0.29, 0.717) is 19.4 Å². The molecule has 9 heteroatoms. The molecule has 2 N–H and O–H groups in total. The maximum absolute atomic E-state index is 13.0. The van der Waals surface area contributed by atoms with E-state index >= 15 is 0 Å². The highest BCUT2D eigenvalue weighted by Crippen LogP contribution is 2.27. The van der Waals surface area contributed by atoms with Crippen molar-refractivity contribution < 1.29 is 17.9 Å². The number of aryl methyl sites for hydroxylation is 3. The zero-order chi connectivity index (χ0) is 24.3. The second-order valence-corrected chi connectivity index (χ2v) is 10.0. The summed E-state index contributed by atoms with van der Waals surface area (Å²) in [5, 5.41) is 1.59. The normalized spacial score (nSPS) is 11.5. The van der Waals surface area contributed by atoms with E-state index in [2.05, 4.69) is 14.7 Å². The van der Waals surface area contributed by atoms with Crippen molar-refractivity contribution in [3.05, 3.63) is 88.3 Å². The summed E-state index contributed by atoms with van der Waals surface area (Å²) in [4.78, 5) is 19.9. The Morgan fingerprint density at radius 3 is 2.47 bits per heavy atom. The van der Waals surface area contributed by atoms with E-state index in [1.807, 2.05) is 50.2 Å². The summed E-state index contributed by atoms with van der Waals surface area (Å²) in [7, 11) is -4.03. The summed E-state index contributed by atoms with van der Waals surface area (Å²) >= 11 is 6.22. The van der Waals surface area contributed by atoms with Gasteiger partial charge in [-0.3, -0.25) is 9.78 Å². The molecule has 4 rings (SSSR count). The Bertz CT molecular complexity index is 1430. The van der Waals surface area contributed by atoms with Crippen LogP contribution in [0.25, 0.3) is 10.9 Å². The van der Waals surface area contributed by atoms with Gasteiger partial charge in [-0.1, -0.05) is 29.8 Å². The third-order valence-electron chi connectivity index (χ3n) is 5.48. The standard InChI is InChI=1S/C25H24ClN3O4S/c1-16-14-18(15-17(2)23(16)26)33-13-5-7-21-20-6-3-4-8-22(20)28-24(21)25(30)29-34(31,32)19-9-11-27-12-10-19/h3-4,6,8-12,14-15,28H,5,7,13H2,1-2H3,(H,29,30). The summed E-state index contributed by atoms with van der Waals surface area (Å²) in [6, 6.07) is 13.9. The number of ether oxygens (including phenoxy) is 1. The highest BCUT2D eigenvalue weighted by molar-refractivity contribution is 7.90. The maximum Gasteiger partial charge on any atom is 0.281 e. The van der Waals surface area contributed by atoms with Crippen LogP contribution in [0.2, 0.25) is 5.02 Å². The first-order valence-electron chi connectivity index (χ1n) is 10.7. The number of nitrogens with zero attached hydrogens (tertiary/aromatic N) is 1. The highest BCUT2D eigenvalue weighted by atomic mass is 35.5. The second-order valence-electron chi connectivity index (χ2n) is 7.96. The molecule has 4 aromatic rings. The minimum Gasteiger partial charge on any atom is -0.494 e. The average Bonchev–Trinajstić information content (AvgIpc) is 3.19. The molecule has 0 saturated carbocycles. The van der Waals surface area contributed by atoms with E-state index in [9.17, 15) is 13.2 Å². The third-order valence-corrected chi connectivity index (χ3v) is 7.42. The molecule has 1 amide bonds. The largest absolute Gasteiger partial charge is 0.494 e. The Labute approximate surface area is 203 Å². The van der Waals surface area contributed by atoms with Crippen LogP contribution < -0.4 is 9.46 Å². The molecule has 0 spiro atoms. The number of carbonyl (C=O) groups is 1. The number of aromatic nitrogens is 2. The van der Waals surface area contributed by atoms with E-state index in [1.54, 1.807) is 0 Å². The number of fused-ring (bicyclic) bond motifs is 1. The Morgan fingerprint density at radius 2 is 1.76 bits per heavy atom. The summed E-state index contributed by atoms with van der Waals surface area (Å²) in [5.41, 5.74) is 3.61. The molecule has 0 atom stereocenters. The molecular formula is C25H24ClN3O4S. The lowest BCUT2D eigenvalue weighted by molar-refractivity contribution is 0.0976. The molecular weight excluding hydrogens is 474 g/mol. The molecule has 0 saturated heterocycles. The monoisotopic (exact) mass is 497 g/mol. The van der Waals surface area contributed by atoms with Crippen LogP contribution in [0, 0.1) is 13.8 Å². The van der Waals surface area contributed by atoms with Gasteiger partial charge in [0.1, 0.15) is 11.4 Å². The van der Waals surface area contributed by atoms with E-state index < -0.39 is 15.9 Å². The van der Waals surface area contributed by atoms with Gasteiger partial charge in [0.15, 0.2) is 0 Å². The number of aromatic amines is 1. The lowest BCUT2D eigenvalue weighted by Gasteiger charge is -2.11. The molecule has 0 aliphatic carbocycles. The molecule has 0 aliphatic heterocycles. The molecule has 0 bridgehead atoms. The molecule has 2 aromatic carbocycles. The molecule has 0 fully saturated rings. The first kappa shape index (κ1) is 23.8. The van der Waals surface area contributed by atoms with Gasteiger partial charge in [-0.25, -0.2) is 13.1 Å². The molecule has 176 valence electrons. The van der Waals surface area contributed by atoms with E-state index in [1.165, 1.54) is 24.5 Å². The molecule has 34 heavy (non-hydrogen) atoms. The van der Waals surface area contributed by atoms with Gasteiger partial charge < -0.3 is 9.72 Å². The predicted molar refractivity (Wildman–Crippen MR) is 132 cm³/mol. The molecule has 0 aliphatic rings. The van der Waals surface area contributed by atoms with Crippen LogP contribution in [-0.2, 0) is 16.4 Å². The third kappa shape index (κ3) is 5.08. The number of amides is 1. The van der Waals surface area contributed by atoms with Crippen molar-refractivity contribution in [1.82, 2.24) is 14.7 Å². The van der Waals surface area contributed by atoms with Crippen molar-refractivity contribution in [2.24, 2.45) is 0 Å². The molecule has 2 aromatic heterocycles. The Morgan fingerprint density at radius 1 is 1.09 bits per heavy atom. The van der Waals surface area contributed by atoms with Crippen molar-refractivity contribution in [3.8, 4) is 5.75 Å². The lowest BCUT2D eigenvalue weighted by Crippen LogP contribution is -2.31. The predicted octanol–water partition coefficient (Wildman–Crippen LogP) is 4.96. The Kier molecular flexibility index (Phi) is 6.90. The summed E-state index contributed by atoms with van der Waals surface area (Å²) in [6.45, 7) is 4.29. The van der Waals surface area contributed by atoms with Gasteiger partial charge in [-0.05, 0) is 73.7 Å². The van der Waals surface area contributed by atoms with Crippen molar-refractivity contribution >= 4 is 38.4 Å². The zero-order valence-corrected chi connectivity index (χ0v) is 20.3. The number of hydrogen-bond donors (Lipinski definition) is 2. The van der Waals surface area contributed by atoms with E-state index in [0.717, 1.165) is 38.4 Å². The average molecular weight is 498 g/mol. The number of nitrogens with one attached hydrogen (secondary N) is 2. The topological polar surface area (TPSA) is 101 Å². The fraction of sp³-hybridized carbons (Fsp3) is 0.200. The summed E-state index contributed by atoms with van der Waals surface area (Å²) in [6.07, 6.45) is 3.86. The van der Waals surface area contributed by atoms with Crippen LogP contribution in [-0.4, -0.2) is 30.9 Å². The zero-order valence-electron chi connectivity index (χ0n) is 18.8. The van der Waals surface area contributed by atoms with E-state index in [4.69, 9.17) is 16.3 Å². The fourth-order valence-electron chi connectivity index (χ4n) is 3.83. The quantitative estimate of drug-likeness (QED) is 0.335. The van der Waals surface area contributed by atoms with Crippen molar-refractivity contribution in [3.63, 3.8) is 0 Å². The minimum atomic E-state index is -4.03. The van der Waals surface area contributed by atoms with Gasteiger partial charge in [0.2, 0.25) is 0 Å². The van der Waals surface area contributed by atoms with Crippen LogP contribution in [0.3, 0.4) is 0 Å². The smallest absolute Gasteiger partial charge is 0.281 e. The van der Waals surface area contributed by atoms with Gasteiger partial charge in [0.05, 0.1) is 11.5 Å². The molecule has 0 radical (unpaired) electrons. The number of rotatable bonds is 8. The number of sulfonamides is 1. The Balaban J connectivity index is 1.52. The van der Waals surface area contributed by atoms with Crippen LogP contribution in [0.15, 0.2) is 65.8 Å². The minimum absolute atomic E-state index is 0.0320. The molecule has 7 nitrogen and oxygen atoms in total. The van der Waals surface area contributed by atoms with Gasteiger partial charge in [-0.2, -0.15) is 0 Å². The van der Waals surface area contributed by atoms with Crippen LogP contribution >= 0.6 is 11.6 Å². The molecule has 2 heterocycles. The lowest BCUT2D eigenvalue weighted by atomic mass is 10.1. The van der Waals surface area contributed by atoms with Crippen LogP contribution in [0.5, 0.6) is 5.75 Å². The van der Waals surface area contributed by atoms with E-state index in [-0.39, 0.29) is 10.6 Å².